The van der Waals surface area contributed by atoms with Crippen LogP contribution in [-0.2, 0) is 6.54 Å². The summed E-state index contributed by atoms with van der Waals surface area (Å²) in [6.45, 7) is 2.38. The maximum absolute atomic E-state index is 11.5. The standard InChI is InChI=1S/C13H14N2O3/c14-9-6-15(7-9)5-8-3-13(17)18-12-4-10(16)1-2-11(8)12/h1-4,9,16H,5-7,14H2. The van der Waals surface area contributed by atoms with Crippen LogP contribution in [0.2, 0.25) is 0 Å². The molecule has 0 atom stereocenters. The van der Waals surface area contributed by atoms with Gasteiger partial charge in [-0.25, -0.2) is 4.79 Å². The third-order valence-corrected chi connectivity index (χ3v) is 3.19. The molecule has 5 nitrogen and oxygen atoms in total. The molecule has 1 aliphatic rings. The van der Waals surface area contributed by atoms with Crippen molar-refractivity contribution in [2.75, 3.05) is 13.1 Å². The van der Waals surface area contributed by atoms with Crippen molar-refractivity contribution in [3.8, 4) is 5.75 Å². The van der Waals surface area contributed by atoms with Crippen LogP contribution in [0.5, 0.6) is 5.75 Å². The van der Waals surface area contributed by atoms with Gasteiger partial charge in [-0.05, 0) is 17.7 Å². The maximum atomic E-state index is 11.5. The summed E-state index contributed by atoms with van der Waals surface area (Å²) in [5, 5.41) is 10.3. The molecule has 1 aromatic heterocycles. The largest absolute Gasteiger partial charge is 0.508 e. The molecular weight excluding hydrogens is 232 g/mol. The first-order valence-electron chi connectivity index (χ1n) is 5.85. The second kappa shape index (κ2) is 4.12. The number of fused-ring (bicyclic) bond motifs is 1. The molecule has 0 bridgehead atoms. The van der Waals surface area contributed by atoms with Crippen LogP contribution in [-0.4, -0.2) is 29.1 Å². The van der Waals surface area contributed by atoms with Crippen molar-refractivity contribution in [3.63, 3.8) is 0 Å². The minimum atomic E-state index is -0.395. The highest BCUT2D eigenvalue weighted by atomic mass is 16.4. The molecule has 3 rings (SSSR count). The summed E-state index contributed by atoms with van der Waals surface area (Å²) in [5.41, 5.74) is 6.66. The molecule has 2 aromatic rings. The number of nitrogens with two attached hydrogens (primary N) is 1. The van der Waals surface area contributed by atoms with Crippen molar-refractivity contribution in [1.29, 1.82) is 0 Å². The van der Waals surface area contributed by atoms with Crippen LogP contribution in [0.1, 0.15) is 5.56 Å². The van der Waals surface area contributed by atoms with Crippen molar-refractivity contribution in [2.45, 2.75) is 12.6 Å². The Labute approximate surface area is 103 Å². The second-order valence-electron chi connectivity index (χ2n) is 4.73. The number of hydrogen-bond acceptors (Lipinski definition) is 5. The van der Waals surface area contributed by atoms with Gasteiger partial charge in [-0.15, -0.1) is 0 Å². The maximum Gasteiger partial charge on any atom is 0.336 e. The number of benzene rings is 1. The van der Waals surface area contributed by atoms with Crippen LogP contribution < -0.4 is 11.4 Å². The second-order valence-corrected chi connectivity index (χ2v) is 4.73. The van der Waals surface area contributed by atoms with E-state index in [2.05, 4.69) is 4.90 Å². The van der Waals surface area contributed by atoms with Crippen molar-refractivity contribution < 1.29 is 9.52 Å². The fourth-order valence-corrected chi connectivity index (χ4v) is 2.33. The van der Waals surface area contributed by atoms with Crippen LogP contribution in [0, 0.1) is 0 Å². The van der Waals surface area contributed by atoms with Gasteiger partial charge >= 0.3 is 5.63 Å². The first-order valence-corrected chi connectivity index (χ1v) is 5.85. The van der Waals surface area contributed by atoms with Gasteiger partial charge < -0.3 is 15.3 Å². The Bertz CT molecular complexity index is 644. The molecule has 1 fully saturated rings. The summed E-state index contributed by atoms with van der Waals surface area (Å²) >= 11 is 0. The monoisotopic (exact) mass is 246 g/mol. The van der Waals surface area contributed by atoms with E-state index in [1.54, 1.807) is 12.1 Å². The number of phenolic OH excluding ortho intramolecular Hbond substituents is 1. The van der Waals surface area contributed by atoms with Crippen molar-refractivity contribution in [2.24, 2.45) is 5.73 Å². The van der Waals surface area contributed by atoms with Crippen molar-refractivity contribution in [3.05, 3.63) is 40.2 Å². The van der Waals surface area contributed by atoms with E-state index in [4.69, 9.17) is 10.2 Å². The Morgan fingerprint density at radius 2 is 2.17 bits per heavy atom. The summed E-state index contributed by atoms with van der Waals surface area (Å²) in [5.74, 6) is 0.0915. The van der Waals surface area contributed by atoms with E-state index in [0.29, 0.717) is 12.1 Å². The van der Waals surface area contributed by atoms with Gasteiger partial charge in [0.05, 0.1) is 0 Å². The van der Waals surface area contributed by atoms with Gasteiger partial charge in [0.1, 0.15) is 11.3 Å². The molecule has 1 aliphatic heterocycles. The lowest BCUT2D eigenvalue weighted by Gasteiger charge is -2.36. The van der Waals surface area contributed by atoms with Gasteiger partial charge in [0.25, 0.3) is 0 Å². The lowest BCUT2D eigenvalue weighted by molar-refractivity contribution is 0.143. The Morgan fingerprint density at radius 1 is 1.39 bits per heavy atom. The highest BCUT2D eigenvalue weighted by molar-refractivity contribution is 5.81. The zero-order chi connectivity index (χ0) is 12.7. The van der Waals surface area contributed by atoms with E-state index >= 15 is 0 Å². The Morgan fingerprint density at radius 3 is 2.89 bits per heavy atom. The molecule has 1 saturated heterocycles. The molecule has 0 unspecified atom stereocenters. The smallest absolute Gasteiger partial charge is 0.336 e. The fraction of sp³-hybridized carbons (Fsp3) is 0.308. The quantitative estimate of drug-likeness (QED) is 0.760. The van der Waals surface area contributed by atoms with E-state index in [-0.39, 0.29) is 11.8 Å². The molecule has 0 aliphatic carbocycles. The zero-order valence-corrected chi connectivity index (χ0v) is 9.80. The summed E-state index contributed by atoms with van der Waals surface area (Å²) in [7, 11) is 0. The Balaban J connectivity index is 2.02. The molecule has 94 valence electrons. The van der Waals surface area contributed by atoms with Gasteiger partial charge in [0.2, 0.25) is 0 Å². The highest BCUT2D eigenvalue weighted by Crippen LogP contribution is 2.23. The molecule has 3 N–H and O–H groups in total. The van der Waals surface area contributed by atoms with Crippen molar-refractivity contribution in [1.82, 2.24) is 4.90 Å². The van der Waals surface area contributed by atoms with E-state index < -0.39 is 5.63 Å². The van der Waals surface area contributed by atoms with Crippen molar-refractivity contribution >= 4 is 11.0 Å². The van der Waals surface area contributed by atoms with Crippen LogP contribution in [0.25, 0.3) is 11.0 Å². The normalized spacial score (nSPS) is 16.9. The lowest BCUT2D eigenvalue weighted by atomic mass is 10.1. The SMILES string of the molecule is NC1CN(Cc2cc(=O)oc3cc(O)ccc23)C1. The van der Waals surface area contributed by atoms with E-state index in [0.717, 1.165) is 24.0 Å². The van der Waals surface area contributed by atoms with E-state index in [1.807, 2.05) is 0 Å². The number of likely N-dealkylation sites (tertiary alicyclic amines) is 1. The van der Waals surface area contributed by atoms with Gasteiger partial charge in [0.15, 0.2) is 0 Å². The van der Waals surface area contributed by atoms with Crippen LogP contribution in [0.4, 0.5) is 0 Å². The Hall–Kier alpha value is -1.85. The lowest BCUT2D eigenvalue weighted by Crippen LogP contribution is -2.54. The first-order chi connectivity index (χ1) is 8.61. The molecule has 18 heavy (non-hydrogen) atoms. The van der Waals surface area contributed by atoms with Gasteiger partial charge in [-0.3, -0.25) is 4.90 Å². The Kier molecular flexibility index (Phi) is 2.57. The number of hydrogen-bond donors (Lipinski definition) is 2. The van der Waals surface area contributed by atoms with Gasteiger partial charge in [0, 0.05) is 43.2 Å². The predicted molar refractivity (Wildman–Crippen MR) is 67.4 cm³/mol. The average molecular weight is 246 g/mol. The summed E-state index contributed by atoms with van der Waals surface area (Å²) in [6.07, 6.45) is 0. The molecule has 2 heterocycles. The summed E-state index contributed by atoms with van der Waals surface area (Å²) < 4.78 is 5.08. The molecular formula is C13H14N2O3. The molecule has 0 spiro atoms. The van der Waals surface area contributed by atoms with Gasteiger partial charge in [-0.1, -0.05) is 0 Å². The highest BCUT2D eigenvalue weighted by Gasteiger charge is 2.23. The molecule has 0 saturated carbocycles. The fourth-order valence-electron chi connectivity index (χ4n) is 2.33. The average Bonchev–Trinajstić information content (AvgIpc) is 2.25. The molecule has 5 heteroatoms. The molecule has 0 amide bonds. The number of phenols is 1. The number of aromatic hydroxyl groups is 1. The number of nitrogens with zero attached hydrogens (tertiary/aromatic N) is 1. The van der Waals surface area contributed by atoms with E-state index in [1.165, 1.54) is 12.1 Å². The number of rotatable bonds is 2. The van der Waals surface area contributed by atoms with Crippen LogP contribution in [0.3, 0.4) is 0 Å². The van der Waals surface area contributed by atoms with Gasteiger partial charge in [-0.2, -0.15) is 0 Å². The van der Waals surface area contributed by atoms with Crippen LogP contribution in [0.15, 0.2) is 33.5 Å². The minimum absolute atomic E-state index is 0.0915. The first kappa shape index (κ1) is 11.3. The van der Waals surface area contributed by atoms with E-state index in [9.17, 15) is 9.90 Å². The third kappa shape index (κ3) is 1.98. The van der Waals surface area contributed by atoms with Crippen LogP contribution >= 0.6 is 0 Å². The predicted octanol–water partition coefficient (Wildman–Crippen LogP) is 0.641. The molecule has 1 aromatic carbocycles. The topological polar surface area (TPSA) is 79.7 Å². The molecule has 0 radical (unpaired) electrons. The minimum Gasteiger partial charge on any atom is -0.508 e. The summed E-state index contributed by atoms with van der Waals surface area (Å²) in [6, 6.07) is 6.56. The zero-order valence-electron chi connectivity index (χ0n) is 9.80. The third-order valence-electron chi connectivity index (χ3n) is 3.19. The summed E-state index contributed by atoms with van der Waals surface area (Å²) in [4.78, 5) is 13.6.